The molecule has 1 aromatic heterocycles. The van der Waals surface area contributed by atoms with Gasteiger partial charge in [0, 0.05) is 6.20 Å². The fourth-order valence-electron chi connectivity index (χ4n) is 1.44. The third-order valence-corrected chi connectivity index (χ3v) is 2.60. The molecule has 2 rings (SSSR count). The zero-order chi connectivity index (χ0) is 13.1. The van der Waals surface area contributed by atoms with E-state index >= 15 is 0 Å². The van der Waals surface area contributed by atoms with Crippen LogP contribution in [0.5, 0.6) is 11.6 Å². The molecule has 0 spiro atoms. The molecule has 1 aromatic carbocycles. The molecule has 5 nitrogen and oxygen atoms in total. The number of aromatic carboxylic acids is 1. The Kier molecular flexibility index (Phi) is 3.23. The van der Waals surface area contributed by atoms with Crippen molar-refractivity contribution in [2.45, 2.75) is 13.8 Å². The minimum Gasteiger partial charge on any atom is -0.477 e. The van der Waals surface area contributed by atoms with Crippen molar-refractivity contribution in [2.75, 3.05) is 0 Å². The van der Waals surface area contributed by atoms with Gasteiger partial charge in [0.2, 0.25) is 5.88 Å². The van der Waals surface area contributed by atoms with E-state index in [0.717, 1.165) is 11.1 Å². The number of hydrogen-bond acceptors (Lipinski definition) is 4. The molecule has 5 heteroatoms. The average molecular weight is 244 g/mol. The van der Waals surface area contributed by atoms with Crippen LogP contribution >= 0.6 is 0 Å². The molecule has 0 saturated carbocycles. The third kappa shape index (κ3) is 2.45. The van der Waals surface area contributed by atoms with Crippen LogP contribution in [0.25, 0.3) is 0 Å². The van der Waals surface area contributed by atoms with Gasteiger partial charge in [-0.2, -0.15) is 0 Å². The molecule has 2 aromatic rings. The maximum Gasteiger partial charge on any atom is 0.342 e. The summed E-state index contributed by atoms with van der Waals surface area (Å²) in [5.41, 5.74) is 2.15. The molecule has 1 N–H and O–H groups in total. The first-order valence-electron chi connectivity index (χ1n) is 5.36. The monoisotopic (exact) mass is 244 g/mol. The Morgan fingerprint density at radius 3 is 2.72 bits per heavy atom. The molecule has 0 radical (unpaired) electrons. The van der Waals surface area contributed by atoms with E-state index in [9.17, 15) is 4.79 Å². The van der Waals surface area contributed by atoms with E-state index in [0.29, 0.717) is 5.75 Å². The first-order valence-corrected chi connectivity index (χ1v) is 5.36. The molecule has 0 bridgehead atoms. The number of rotatable bonds is 3. The highest BCUT2D eigenvalue weighted by molar-refractivity contribution is 5.89. The number of hydrogen-bond donors (Lipinski definition) is 1. The Balaban J connectivity index is 2.34. The van der Waals surface area contributed by atoms with Crippen molar-refractivity contribution in [2.24, 2.45) is 0 Å². The van der Waals surface area contributed by atoms with Crippen molar-refractivity contribution < 1.29 is 14.6 Å². The van der Waals surface area contributed by atoms with Crippen molar-refractivity contribution >= 4 is 5.97 Å². The first-order chi connectivity index (χ1) is 8.58. The molecule has 18 heavy (non-hydrogen) atoms. The number of carbonyl (C=O) groups is 1. The van der Waals surface area contributed by atoms with Gasteiger partial charge in [-0.3, -0.25) is 0 Å². The summed E-state index contributed by atoms with van der Waals surface area (Å²) in [7, 11) is 0. The SMILES string of the molecule is Cc1ccc(Oc2ncncc2C(=O)O)cc1C. The fourth-order valence-corrected chi connectivity index (χ4v) is 1.44. The van der Waals surface area contributed by atoms with Crippen LogP contribution < -0.4 is 4.74 Å². The molecule has 92 valence electrons. The molecule has 1 heterocycles. The Bertz CT molecular complexity index is 597. The molecule has 0 aliphatic carbocycles. The molecule has 0 aliphatic heterocycles. The highest BCUT2D eigenvalue weighted by atomic mass is 16.5. The van der Waals surface area contributed by atoms with Crippen LogP contribution in [0.2, 0.25) is 0 Å². The Hall–Kier alpha value is -2.43. The van der Waals surface area contributed by atoms with Crippen molar-refractivity contribution in [3.05, 3.63) is 47.4 Å². The second-order valence-electron chi connectivity index (χ2n) is 3.89. The number of ether oxygens (including phenoxy) is 1. The van der Waals surface area contributed by atoms with Crippen LogP contribution in [0.1, 0.15) is 21.5 Å². The molecular formula is C13H12N2O3. The van der Waals surface area contributed by atoms with Gasteiger partial charge in [0.05, 0.1) is 0 Å². The normalized spacial score (nSPS) is 10.1. The topological polar surface area (TPSA) is 72.3 Å². The second-order valence-corrected chi connectivity index (χ2v) is 3.89. The number of aromatic nitrogens is 2. The predicted octanol–water partition coefficient (Wildman–Crippen LogP) is 2.58. The summed E-state index contributed by atoms with van der Waals surface area (Å²) in [5, 5.41) is 8.98. The lowest BCUT2D eigenvalue weighted by Crippen LogP contribution is -2.02. The summed E-state index contributed by atoms with van der Waals surface area (Å²) in [5.74, 6) is -0.519. The van der Waals surface area contributed by atoms with Crippen LogP contribution in [0.15, 0.2) is 30.7 Å². The van der Waals surface area contributed by atoms with Gasteiger partial charge >= 0.3 is 5.97 Å². The van der Waals surface area contributed by atoms with E-state index in [2.05, 4.69) is 9.97 Å². The molecule has 0 aliphatic rings. The van der Waals surface area contributed by atoms with E-state index in [1.165, 1.54) is 12.5 Å². The minimum absolute atomic E-state index is 0.0424. The third-order valence-electron chi connectivity index (χ3n) is 2.60. The van der Waals surface area contributed by atoms with Gasteiger partial charge in [-0.1, -0.05) is 6.07 Å². The Labute approximate surface area is 104 Å². The quantitative estimate of drug-likeness (QED) is 0.898. The largest absolute Gasteiger partial charge is 0.477 e. The van der Waals surface area contributed by atoms with E-state index in [1.54, 1.807) is 6.07 Å². The highest BCUT2D eigenvalue weighted by Gasteiger charge is 2.13. The van der Waals surface area contributed by atoms with Gasteiger partial charge < -0.3 is 9.84 Å². The van der Waals surface area contributed by atoms with Crippen LogP contribution in [0.4, 0.5) is 0 Å². The number of benzene rings is 1. The number of carboxylic acids is 1. The average Bonchev–Trinajstić information content (AvgIpc) is 2.34. The number of aryl methyl sites for hydroxylation is 2. The van der Waals surface area contributed by atoms with Gasteiger partial charge in [-0.25, -0.2) is 14.8 Å². The lowest BCUT2D eigenvalue weighted by molar-refractivity contribution is 0.0693. The summed E-state index contributed by atoms with van der Waals surface area (Å²) >= 11 is 0. The zero-order valence-corrected chi connectivity index (χ0v) is 10.0. The number of carboxylic acid groups (broad SMARTS) is 1. The van der Waals surface area contributed by atoms with Crippen molar-refractivity contribution in [1.82, 2.24) is 9.97 Å². The molecule has 0 amide bonds. The van der Waals surface area contributed by atoms with Gasteiger partial charge in [-0.05, 0) is 37.1 Å². The smallest absolute Gasteiger partial charge is 0.342 e. The molecule has 0 saturated heterocycles. The van der Waals surface area contributed by atoms with Gasteiger partial charge in [0.25, 0.3) is 0 Å². The maximum absolute atomic E-state index is 11.0. The fraction of sp³-hybridized carbons (Fsp3) is 0.154. The Morgan fingerprint density at radius 1 is 1.28 bits per heavy atom. The maximum atomic E-state index is 11.0. The van der Waals surface area contributed by atoms with Crippen LogP contribution in [-0.4, -0.2) is 21.0 Å². The van der Waals surface area contributed by atoms with Gasteiger partial charge in [0.15, 0.2) is 0 Å². The van der Waals surface area contributed by atoms with Crippen LogP contribution in [0.3, 0.4) is 0 Å². The molecule has 0 fully saturated rings. The summed E-state index contributed by atoms with van der Waals surface area (Å²) in [6.07, 6.45) is 2.47. The minimum atomic E-state index is -1.12. The summed E-state index contributed by atoms with van der Waals surface area (Å²) < 4.78 is 5.47. The first kappa shape index (κ1) is 12.0. The van der Waals surface area contributed by atoms with E-state index in [-0.39, 0.29) is 11.4 Å². The standard InChI is InChI=1S/C13H12N2O3/c1-8-3-4-10(5-9(8)2)18-12-11(13(16)17)6-14-7-15-12/h3-7H,1-2H3,(H,16,17). The summed E-state index contributed by atoms with van der Waals surface area (Å²) in [6.45, 7) is 3.95. The Morgan fingerprint density at radius 2 is 2.06 bits per heavy atom. The van der Waals surface area contributed by atoms with Gasteiger partial charge in [0.1, 0.15) is 17.6 Å². The predicted molar refractivity (Wildman–Crippen MR) is 65.0 cm³/mol. The summed E-state index contributed by atoms with van der Waals surface area (Å²) in [6, 6.07) is 5.52. The van der Waals surface area contributed by atoms with Crippen molar-refractivity contribution in [3.8, 4) is 11.6 Å². The van der Waals surface area contributed by atoms with Gasteiger partial charge in [-0.15, -0.1) is 0 Å². The van der Waals surface area contributed by atoms with Crippen molar-refractivity contribution in [3.63, 3.8) is 0 Å². The molecule has 0 atom stereocenters. The van der Waals surface area contributed by atoms with E-state index in [1.807, 2.05) is 26.0 Å². The lowest BCUT2D eigenvalue weighted by atomic mass is 10.1. The second kappa shape index (κ2) is 4.83. The highest BCUT2D eigenvalue weighted by Crippen LogP contribution is 2.24. The summed E-state index contributed by atoms with van der Waals surface area (Å²) in [4.78, 5) is 18.5. The molecule has 0 unspecified atom stereocenters. The van der Waals surface area contributed by atoms with Crippen molar-refractivity contribution in [1.29, 1.82) is 0 Å². The number of nitrogens with zero attached hydrogens (tertiary/aromatic N) is 2. The van der Waals surface area contributed by atoms with Crippen LogP contribution in [0, 0.1) is 13.8 Å². The van der Waals surface area contributed by atoms with E-state index in [4.69, 9.17) is 9.84 Å². The van der Waals surface area contributed by atoms with Crippen LogP contribution in [-0.2, 0) is 0 Å². The zero-order valence-electron chi connectivity index (χ0n) is 10.0. The molecular weight excluding hydrogens is 232 g/mol. The van der Waals surface area contributed by atoms with E-state index < -0.39 is 5.97 Å². The lowest BCUT2D eigenvalue weighted by Gasteiger charge is -2.08.